The minimum Gasteiger partial charge on any atom is -0.378 e. The smallest absolute Gasteiger partial charge is 0.320 e. The van der Waals surface area contributed by atoms with Gasteiger partial charge < -0.3 is 14.5 Å². The largest absolute Gasteiger partial charge is 0.378 e. The standard InChI is InChI=1S/C20H24N4O4S2/c1-15-21-16(13-29-15)12-24-20(17-4-2-3-5-18(17)30(24,26)27)6-7-23(14-20)19(25)22-8-10-28-11-9-22/h2-5,13H,6-12,14H2,1H3. The number of benzene rings is 1. The van der Waals surface area contributed by atoms with Gasteiger partial charge in [0, 0.05) is 31.6 Å². The number of aromatic nitrogens is 1. The van der Waals surface area contributed by atoms with Crippen molar-refractivity contribution >= 4 is 27.4 Å². The summed E-state index contributed by atoms with van der Waals surface area (Å²) in [5, 5.41) is 2.82. The minimum atomic E-state index is -3.67. The monoisotopic (exact) mass is 448 g/mol. The molecule has 2 aromatic rings. The van der Waals surface area contributed by atoms with Crippen molar-refractivity contribution in [1.29, 1.82) is 0 Å². The van der Waals surface area contributed by atoms with Crippen molar-refractivity contribution in [2.45, 2.75) is 30.3 Å². The third-order valence-electron chi connectivity index (χ3n) is 6.21. The highest BCUT2D eigenvalue weighted by Gasteiger charge is 2.57. The van der Waals surface area contributed by atoms with Crippen LogP contribution in [-0.4, -0.2) is 72.9 Å². The molecule has 1 aromatic carbocycles. The van der Waals surface area contributed by atoms with Gasteiger partial charge in [0.1, 0.15) is 0 Å². The van der Waals surface area contributed by atoms with Crippen LogP contribution in [0.5, 0.6) is 0 Å². The van der Waals surface area contributed by atoms with Crippen molar-refractivity contribution in [3.05, 3.63) is 45.9 Å². The maximum Gasteiger partial charge on any atom is 0.320 e. The normalized spacial score (nSPS) is 25.8. The van der Waals surface area contributed by atoms with E-state index in [2.05, 4.69) is 4.98 Å². The summed E-state index contributed by atoms with van der Waals surface area (Å²) in [7, 11) is -3.67. The number of amides is 2. The Bertz CT molecular complexity index is 1080. The Morgan fingerprint density at radius 1 is 1.20 bits per heavy atom. The Kier molecular flexibility index (Phi) is 4.85. The molecule has 5 rings (SSSR count). The molecule has 2 fully saturated rings. The van der Waals surface area contributed by atoms with Crippen LogP contribution in [0.4, 0.5) is 4.79 Å². The van der Waals surface area contributed by atoms with Gasteiger partial charge in [-0.1, -0.05) is 18.2 Å². The van der Waals surface area contributed by atoms with Gasteiger partial charge in [0.25, 0.3) is 0 Å². The van der Waals surface area contributed by atoms with Crippen LogP contribution < -0.4 is 0 Å². The van der Waals surface area contributed by atoms with Gasteiger partial charge in [0.05, 0.1) is 40.9 Å². The first-order valence-corrected chi connectivity index (χ1v) is 12.4. The zero-order valence-corrected chi connectivity index (χ0v) is 18.4. The molecule has 3 aliphatic heterocycles. The molecule has 1 unspecified atom stereocenters. The molecule has 160 valence electrons. The van der Waals surface area contributed by atoms with E-state index in [0.717, 1.165) is 16.3 Å². The zero-order valence-electron chi connectivity index (χ0n) is 16.8. The number of carbonyl (C=O) groups excluding carboxylic acids is 1. The molecule has 30 heavy (non-hydrogen) atoms. The summed E-state index contributed by atoms with van der Waals surface area (Å²) < 4.78 is 33.9. The second-order valence-electron chi connectivity index (χ2n) is 7.95. The second kappa shape index (κ2) is 7.30. The summed E-state index contributed by atoms with van der Waals surface area (Å²) >= 11 is 1.51. The second-order valence-corrected chi connectivity index (χ2v) is 10.8. The van der Waals surface area contributed by atoms with E-state index < -0.39 is 15.6 Å². The average molecular weight is 449 g/mol. The lowest BCUT2D eigenvalue weighted by Crippen LogP contribution is -2.50. The lowest BCUT2D eigenvalue weighted by molar-refractivity contribution is 0.0439. The summed E-state index contributed by atoms with van der Waals surface area (Å²) in [5.41, 5.74) is 0.773. The van der Waals surface area contributed by atoms with E-state index in [1.54, 1.807) is 26.2 Å². The highest BCUT2D eigenvalue weighted by molar-refractivity contribution is 7.89. The third kappa shape index (κ3) is 3.05. The molecular formula is C20H24N4O4S2. The lowest BCUT2D eigenvalue weighted by atomic mass is 9.89. The molecule has 1 spiro atoms. The molecule has 0 aliphatic carbocycles. The molecule has 0 saturated carbocycles. The first-order valence-electron chi connectivity index (χ1n) is 10.1. The molecule has 2 amide bonds. The van der Waals surface area contributed by atoms with E-state index in [-0.39, 0.29) is 12.6 Å². The minimum absolute atomic E-state index is 0.0404. The summed E-state index contributed by atoms with van der Waals surface area (Å²) in [4.78, 5) is 21.5. The average Bonchev–Trinajstić information content (AvgIpc) is 3.42. The maximum absolute atomic E-state index is 13.5. The highest BCUT2D eigenvalue weighted by atomic mass is 32.2. The van der Waals surface area contributed by atoms with Crippen LogP contribution in [0.25, 0.3) is 0 Å². The van der Waals surface area contributed by atoms with E-state index in [0.29, 0.717) is 50.7 Å². The van der Waals surface area contributed by atoms with Gasteiger partial charge in [-0.15, -0.1) is 11.3 Å². The molecule has 0 N–H and O–H groups in total. The molecule has 1 atom stereocenters. The molecule has 10 heteroatoms. The zero-order chi connectivity index (χ0) is 20.9. The van der Waals surface area contributed by atoms with Crippen LogP contribution in [0.3, 0.4) is 0 Å². The van der Waals surface area contributed by atoms with Gasteiger partial charge in [-0.3, -0.25) is 0 Å². The number of sulfonamides is 1. The van der Waals surface area contributed by atoms with Gasteiger partial charge in [-0.2, -0.15) is 4.31 Å². The summed E-state index contributed by atoms with van der Waals surface area (Å²) in [6.45, 7) is 5.21. The molecular weight excluding hydrogens is 424 g/mol. The predicted molar refractivity (Wildman–Crippen MR) is 112 cm³/mol. The first kappa shape index (κ1) is 19.9. The van der Waals surface area contributed by atoms with Crippen molar-refractivity contribution in [2.75, 3.05) is 39.4 Å². The van der Waals surface area contributed by atoms with E-state index >= 15 is 0 Å². The first-order chi connectivity index (χ1) is 14.4. The SMILES string of the molecule is Cc1nc(CN2C3(CCN(C(=O)N4CCOCC4)C3)c3ccccc3S2(=O)=O)cs1. The molecule has 2 saturated heterocycles. The van der Waals surface area contributed by atoms with E-state index in [1.165, 1.54) is 11.3 Å². The molecule has 4 heterocycles. The van der Waals surface area contributed by atoms with Crippen LogP contribution >= 0.6 is 11.3 Å². The summed E-state index contributed by atoms with van der Waals surface area (Å²) in [6.07, 6.45) is 0.572. The van der Waals surface area contributed by atoms with Gasteiger partial charge >= 0.3 is 6.03 Å². The number of carbonyl (C=O) groups is 1. The number of nitrogens with zero attached hydrogens (tertiary/aromatic N) is 4. The van der Waals surface area contributed by atoms with E-state index in [4.69, 9.17) is 4.74 Å². The highest BCUT2D eigenvalue weighted by Crippen LogP contribution is 2.50. The van der Waals surface area contributed by atoms with Crippen LogP contribution in [-0.2, 0) is 26.8 Å². The Morgan fingerprint density at radius 2 is 1.97 bits per heavy atom. The molecule has 1 aromatic heterocycles. The number of rotatable bonds is 2. The number of fused-ring (bicyclic) bond motifs is 2. The number of thiazole rings is 1. The number of morpholine rings is 1. The molecule has 3 aliphatic rings. The van der Waals surface area contributed by atoms with E-state index in [1.807, 2.05) is 24.4 Å². The van der Waals surface area contributed by atoms with Crippen LogP contribution in [0.15, 0.2) is 34.5 Å². The Morgan fingerprint density at radius 3 is 2.70 bits per heavy atom. The van der Waals surface area contributed by atoms with Crippen LogP contribution in [0, 0.1) is 6.92 Å². The predicted octanol–water partition coefficient (Wildman–Crippen LogP) is 2.01. The van der Waals surface area contributed by atoms with E-state index in [9.17, 15) is 13.2 Å². The quantitative estimate of drug-likeness (QED) is 0.702. The van der Waals surface area contributed by atoms with Gasteiger partial charge in [0.2, 0.25) is 10.0 Å². The summed E-state index contributed by atoms with van der Waals surface area (Å²) in [5.74, 6) is 0. The number of ether oxygens (including phenoxy) is 1. The Hall–Kier alpha value is -2.01. The number of aryl methyl sites for hydroxylation is 1. The fourth-order valence-corrected chi connectivity index (χ4v) is 7.40. The van der Waals surface area contributed by atoms with Crippen molar-refractivity contribution in [2.24, 2.45) is 0 Å². The maximum atomic E-state index is 13.5. The summed E-state index contributed by atoms with van der Waals surface area (Å²) in [6, 6.07) is 7.15. The van der Waals surface area contributed by atoms with Crippen molar-refractivity contribution < 1.29 is 17.9 Å². The number of likely N-dealkylation sites (tertiary alicyclic amines) is 1. The van der Waals surface area contributed by atoms with Gasteiger partial charge in [-0.05, 0) is 25.0 Å². The van der Waals surface area contributed by atoms with Crippen molar-refractivity contribution in [3.63, 3.8) is 0 Å². The lowest BCUT2D eigenvalue weighted by Gasteiger charge is -2.35. The Labute approximate surface area is 180 Å². The topological polar surface area (TPSA) is 83.1 Å². The fourth-order valence-electron chi connectivity index (χ4n) is 4.76. The van der Waals surface area contributed by atoms with Gasteiger partial charge in [-0.25, -0.2) is 18.2 Å². The molecule has 0 bridgehead atoms. The molecule has 0 radical (unpaired) electrons. The molecule has 8 nitrogen and oxygen atoms in total. The van der Waals surface area contributed by atoms with Crippen molar-refractivity contribution in [1.82, 2.24) is 19.1 Å². The van der Waals surface area contributed by atoms with Crippen LogP contribution in [0.2, 0.25) is 0 Å². The number of hydrogen-bond acceptors (Lipinski definition) is 6. The fraction of sp³-hybridized carbons (Fsp3) is 0.500. The third-order valence-corrected chi connectivity index (χ3v) is 9.00. The van der Waals surface area contributed by atoms with Crippen LogP contribution in [0.1, 0.15) is 22.7 Å². The number of hydrogen-bond donors (Lipinski definition) is 0. The van der Waals surface area contributed by atoms with Crippen molar-refractivity contribution in [3.8, 4) is 0 Å². The Balaban J connectivity index is 1.51. The number of urea groups is 1. The van der Waals surface area contributed by atoms with Gasteiger partial charge in [0.15, 0.2) is 0 Å².